The first kappa shape index (κ1) is 17.7. The lowest BCUT2D eigenvalue weighted by Crippen LogP contribution is -2.15. The Kier molecular flexibility index (Phi) is 4.73. The van der Waals surface area contributed by atoms with E-state index >= 15 is 0 Å². The molecule has 11 heteroatoms. The maximum atomic E-state index is 11.7. The molecule has 0 aromatic heterocycles. The maximum absolute atomic E-state index is 11.7. The largest absolute Gasteiger partial charge is 0.478 e. The molecule has 9 nitrogen and oxygen atoms in total. The van der Waals surface area contributed by atoms with Crippen molar-refractivity contribution in [1.82, 2.24) is 0 Å². The van der Waals surface area contributed by atoms with Crippen LogP contribution in [0.5, 0.6) is 11.5 Å². The van der Waals surface area contributed by atoms with Gasteiger partial charge in [0.05, 0.1) is 10.5 Å². The standard InChI is InChI=1S/C13H9ClN2O7S/c14-8-2-1-3-9(6-8)23-12-10(16(19)20)4-7(13(17)18)5-11(12)24(15,21)22/h1-6H,(H,17,18)(H2,15,21,22). The summed E-state index contributed by atoms with van der Waals surface area (Å²) in [4.78, 5) is 20.5. The number of hydrogen-bond donors (Lipinski definition) is 2. The van der Waals surface area contributed by atoms with E-state index in [4.69, 9.17) is 26.6 Å². The molecule has 0 aliphatic rings. The fraction of sp³-hybridized carbons (Fsp3) is 0. The third-order valence-electron chi connectivity index (χ3n) is 2.80. The summed E-state index contributed by atoms with van der Waals surface area (Å²) in [6.07, 6.45) is 0. The van der Waals surface area contributed by atoms with Crippen LogP contribution in [-0.4, -0.2) is 24.4 Å². The van der Waals surface area contributed by atoms with E-state index < -0.39 is 42.8 Å². The number of nitrogens with zero attached hydrogens (tertiary/aromatic N) is 1. The minimum absolute atomic E-state index is 0.0126. The highest BCUT2D eigenvalue weighted by molar-refractivity contribution is 7.89. The third kappa shape index (κ3) is 3.79. The average Bonchev–Trinajstić information content (AvgIpc) is 2.45. The lowest BCUT2D eigenvalue weighted by molar-refractivity contribution is -0.385. The molecule has 0 bridgehead atoms. The van der Waals surface area contributed by atoms with Crippen LogP contribution in [0.1, 0.15) is 10.4 Å². The highest BCUT2D eigenvalue weighted by Crippen LogP contribution is 2.38. The second-order valence-electron chi connectivity index (χ2n) is 4.49. The molecule has 2 rings (SSSR count). The Morgan fingerprint density at radius 3 is 2.46 bits per heavy atom. The van der Waals surface area contributed by atoms with Crippen LogP contribution in [-0.2, 0) is 10.0 Å². The first-order chi connectivity index (χ1) is 11.1. The van der Waals surface area contributed by atoms with Gasteiger partial charge in [-0.3, -0.25) is 10.1 Å². The predicted molar refractivity (Wildman–Crippen MR) is 83.0 cm³/mol. The zero-order valence-corrected chi connectivity index (χ0v) is 13.2. The number of hydrogen-bond acceptors (Lipinski definition) is 6. The molecule has 0 amide bonds. The van der Waals surface area contributed by atoms with Crippen molar-refractivity contribution in [3.05, 3.63) is 57.1 Å². The van der Waals surface area contributed by atoms with Crippen LogP contribution in [0, 0.1) is 10.1 Å². The van der Waals surface area contributed by atoms with E-state index in [9.17, 15) is 23.3 Å². The van der Waals surface area contributed by atoms with Crippen molar-refractivity contribution in [1.29, 1.82) is 0 Å². The number of nitro groups is 1. The maximum Gasteiger partial charge on any atom is 0.335 e. The molecule has 0 fully saturated rings. The summed E-state index contributed by atoms with van der Waals surface area (Å²) in [5.74, 6) is -2.24. The van der Waals surface area contributed by atoms with Crippen molar-refractivity contribution in [3.8, 4) is 11.5 Å². The molecule has 0 radical (unpaired) electrons. The summed E-state index contributed by atoms with van der Waals surface area (Å²) in [5.41, 5.74) is -1.48. The molecule has 0 atom stereocenters. The molecule has 0 aliphatic carbocycles. The Balaban J connectivity index is 2.76. The first-order valence-corrected chi connectivity index (χ1v) is 8.04. The summed E-state index contributed by atoms with van der Waals surface area (Å²) < 4.78 is 28.7. The third-order valence-corrected chi connectivity index (χ3v) is 3.95. The fourth-order valence-electron chi connectivity index (χ4n) is 1.81. The predicted octanol–water partition coefficient (Wildman–Crippen LogP) is 2.39. The van der Waals surface area contributed by atoms with Crippen LogP contribution in [0.4, 0.5) is 5.69 Å². The molecule has 0 aliphatic heterocycles. The lowest BCUT2D eigenvalue weighted by atomic mass is 10.2. The summed E-state index contributed by atoms with van der Waals surface area (Å²) in [6.45, 7) is 0. The van der Waals surface area contributed by atoms with E-state index in [0.29, 0.717) is 12.1 Å². The number of primary sulfonamides is 1. The van der Waals surface area contributed by atoms with Crippen LogP contribution < -0.4 is 9.88 Å². The normalized spacial score (nSPS) is 11.1. The van der Waals surface area contributed by atoms with E-state index in [0.717, 1.165) is 0 Å². The van der Waals surface area contributed by atoms with Crippen LogP contribution in [0.2, 0.25) is 5.02 Å². The highest BCUT2D eigenvalue weighted by Gasteiger charge is 2.29. The Morgan fingerprint density at radius 2 is 1.96 bits per heavy atom. The van der Waals surface area contributed by atoms with Crippen molar-refractivity contribution in [3.63, 3.8) is 0 Å². The number of carbonyl (C=O) groups is 1. The number of carboxylic acid groups (broad SMARTS) is 1. The fourth-order valence-corrected chi connectivity index (χ4v) is 2.69. The number of nitrogens with two attached hydrogens (primary N) is 1. The smallest absolute Gasteiger partial charge is 0.335 e. The molecule has 0 spiro atoms. The van der Waals surface area contributed by atoms with E-state index in [1.807, 2.05) is 0 Å². The van der Waals surface area contributed by atoms with Crippen molar-refractivity contribution in [2.75, 3.05) is 0 Å². The average molecular weight is 373 g/mol. The van der Waals surface area contributed by atoms with E-state index in [-0.39, 0.29) is 10.8 Å². The van der Waals surface area contributed by atoms with Gasteiger partial charge >= 0.3 is 11.7 Å². The van der Waals surface area contributed by atoms with E-state index in [1.165, 1.54) is 24.3 Å². The second kappa shape index (κ2) is 6.43. The highest BCUT2D eigenvalue weighted by atomic mass is 35.5. The van der Waals surface area contributed by atoms with Gasteiger partial charge in [0.15, 0.2) is 0 Å². The number of carboxylic acids is 1. The molecule has 0 heterocycles. The Labute approximate surface area is 140 Å². The molecule has 0 saturated heterocycles. The summed E-state index contributed by atoms with van der Waals surface area (Å²) in [6, 6.07) is 7.03. The first-order valence-electron chi connectivity index (χ1n) is 6.11. The number of rotatable bonds is 5. The molecular formula is C13H9ClN2O7S. The molecule has 0 unspecified atom stereocenters. The number of benzene rings is 2. The summed E-state index contributed by atoms with van der Waals surface area (Å²) in [5, 5.41) is 25.5. The van der Waals surface area contributed by atoms with Crippen molar-refractivity contribution in [2.24, 2.45) is 5.14 Å². The van der Waals surface area contributed by atoms with Gasteiger partial charge in [-0.05, 0) is 24.3 Å². The van der Waals surface area contributed by atoms with Gasteiger partial charge in [0, 0.05) is 11.1 Å². The molecule has 126 valence electrons. The van der Waals surface area contributed by atoms with Gasteiger partial charge in [-0.1, -0.05) is 17.7 Å². The zero-order valence-electron chi connectivity index (χ0n) is 11.7. The zero-order chi connectivity index (χ0) is 18.1. The minimum atomic E-state index is -4.50. The van der Waals surface area contributed by atoms with Gasteiger partial charge in [0.2, 0.25) is 15.8 Å². The van der Waals surface area contributed by atoms with Crippen LogP contribution in [0.25, 0.3) is 0 Å². The van der Waals surface area contributed by atoms with Crippen LogP contribution in [0.15, 0.2) is 41.3 Å². The number of ether oxygens (including phenoxy) is 1. The van der Waals surface area contributed by atoms with Gasteiger partial charge in [0.1, 0.15) is 10.6 Å². The van der Waals surface area contributed by atoms with Crippen molar-refractivity contribution in [2.45, 2.75) is 4.90 Å². The van der Waals surface area contributed by atoms with Gasteiger partial charge in [-0.15, -0.1) is 0 Å². The monoisotopic (exact) mass is 372 g/mol. The van der Waals surface area contributed by atoms with Crippen molar-refractivity contribution < 1.29 is 28.0 Å². The molecule has 0 saturated carbocycles. The number of halogens is 1. The molecule has 2 aromatic carbocycles. The quantitative estimate of drug-likeness (QED) is 0.604. The Morgan fingerprint density at radius 1 is 1.29 bits per heavy atom. The lowest BCUT2D eigenvalue weighted by Gasteiger charge is -2.11. The molecule has 2 aromatic rings. The summed E-state index contributed by atoms with van der Waals surface area (Å²) >= 11 is 5.78. The second-order valence-corrected chi connectivity index (χ2v) is 6.46. The van der Waals surface area contributed by atoms with Crippen LogP contribution in [0.3, 0.4) is 0 Å². The number of sulfonamides is 1. The Bertz CT molecular complexity index is 943. The van der Waals surface area contributed by atoms with Gasteiger partial charge < -0.3 is 9.84 Å². The SMILES string of the molecule is NS(=O)(=O)c1cc(C(=O)O)cc([N+](=O)[O-])c1Oc1cccc(Cl)c1. The summed E-state index contributed by atoms with van der Waals surface area (Å²) in [7, 11) is -4.50. The molecule has 3 N–H and O–H groups in total. The topological polar surface area (TPSA) is 150 Å². The Hall–Kier alpha value is -2.69. The molecule has 24 heavy (non-hydrogen) atoms. The number of nitro benzene ring substituents is 1. The van der Waals surface area contributed by atoms with E-state index in [2.05, 4.69) is 0 Å². The van der Waals surface area contributed by atoms with E-state index in [1.54, 1.807) is 0 Å². The van der Waals surface area contributed by atoms with Gasteiger partial charge in [0.25, 0.3) is 0 Å². The van der Waals surface area contributed by atoms with Crippen molar-refractivity contribution >= 4 is 33.3 Å². The minimum Gasteiger partial charge on any atom is -0.478 e. The van der Waals surface area contributed by atoms with Gasteiger partial charge in [-0.2, -0.15) is 0 Å². The molecular weight excluding hydrogens is 364 g/mol. The van der Waals surface area contributed by atoms with Crippen LogP contribution >= 0.6 is 11.6 Å². The number of aromatic carboxylic acids is 1. The van der Waals surface area contributed by atoms with Gasteiger partial charge in [-0.25, -0.2) is 18.4 Å².